The van der Waals surface area contributed by atoms with Crippen LogP contribution in [0.1, 0.15) is 20.3 Å². The van der Waals surface area contributed by atoms with Crippen LogP contribution in [0.15, 0.2) is 23.1 Å². The maximum atomic E-state index is 12.1. The number of carbonyl (C=O) groups excluding carboxylic acids is 1. The topological polar surface area (TPSA) is 92.5 Å². The van der Waals surface area contributed by atoms with Crippen molar-refractivity contribution in [3.05, 3.63) is 23.2 Å². The average molecular weight is 334 g/mol. The van der Waals surface area contributed by atoms with Gasteiger partial charge in [0, 0.05) is 31.1 Å². The Morgan fingerprint density at radius 1 is 1.33 bits per heavy atom. The van der Waals surface area contributed by atoms with Gasteiger partial charge in [-0.25, -0.2) is 13.1 Å². The summed E-state index contributed by atoms with van der Waals surface area (Å²) in [4.78, 5) is 13.4. The number of anilines is 1. The third-order valence-electron chi connectivity index (χ3n) is 3.01. The molecule has 0 fully saturated rings. The molecule has 0 aliphatic carbocycles. The second-order valence-corrected chi connectivity index (χ2v) is 6.57. The Morgan fingerprint density at radius 3 is 2.48 bits per heavy atom. The molecule has 0 unspecified atom stereocenters. The number of hydrogen-bond acceptors (Lipinski definition) is 4. The zero-order valence-electron chi connectivity index (χ0n) is 12.1. The molecule has 0 aromatic heterocycles. The van der Waals surface area contributed by atoms with Gasteiger partial charge in [-0.2, -0.15) is 0 Å². The molecule has 0 saturated carbocycles. The van der Waals surface area contributed by atoms with Gasteiger partial charge in [0.1, 0.15) is 4.90 Å². The molecular weight excluding hydrogens is 314 g/mol. The summed E-state index contributed by atoms with van der Waals surface area (Å²) in [5.41, 5.74) is 5.73. The Hall–Kier alpha value is -1.31. The minimum atomic E-state index is -3.75. The fourth-order valence-corrected chi connectivity index (χ4v) is 3.19. The molecule has 1 aromatic rings. The first kappa shape index (κ1) is 17.7. The Morgan fingerprint density at radius 2 is 1.95 bits per heavy atom. The molecule has 3 N–H and O–H groups in total. The lowest BCUT2D eigenvalue weighted by Crippen LogP contribution is -2.34. The first-order valence-corrected chi connectivity index (χ1v) is 8.50. The van der Waals surface area contributed by atoms with Crippen molar-refractivity contribution in [1.82, 2.24) is 9.62 Å². The van der Waals surface area contributed by atoms with Gasteiger partial charge in [0.25, 0.3) is 0 Å². The summed E-state index contributed by atoms with van der Waals surface area (Å²) in [5.74, 6) is -0.0909. The zero-order chi connectivity index (χ0) is 16.0. The van der Waals surface area contributed by atoms with Crippen molar-refractivity contribution in [3.63, 3.8) is 0 Å². The van der Waals surface area contributed by atoms with Crippen LogP contribution < -0.4 is 10.5 Å². The molecule has 0 aliphatic rings. The molecule has 0 heterocycles. The van der Waals surface area contributed by atoms with Crippen LogP contribution in [0.2, 0.25) is 5.02 Å². The van der Waals surface area contributed by atoms with Crippen molar-refractivity contribution in [2.24, 2.45) is 0 Å². The molecule has 1 aromatic carbocycles. The van der Waals surface area contributed by atoms with E-state index in [1.165, 1.54) is 18.2 Å². The lowest BCUT2D eigenvalue weighted by molar-refractivity contribution is -0.130. The number of sulfonamides is 1. The molecule has 118 valence electrons. The standard InChI is InChI=1S/C13H20ClN3O3S/c1-3-17(4-2)13(18)7-8-16-21(19,20)12-6-5-10(14)9-11(12)15/h5-6,9,16H,3-4,7-8,15H2,1-2H3. The first-order valence-electron chi connectivity index (χ1n) is 6.64. The van der Waals surface area contributed by atoms with Crippen LogP contribution in [-0.2, 0) is 14.8 Å². The van der Waals surface area contributed by atoms with Crippen molar-refractivity contribution in [2.45, 2.75) is 25.2 Å². The van der Waals surface area contributed by atoms with Crippen LogP contribution in [0, 0.1) is 0 Å². The smallest absolute Gasteiger partial charge is 0.242 e. The van der Waals surface area contributed by atoms with Crippen molar-refractivity contribution < 1.29 is 13.2 Å². The van der Waals surface area contributed by atoms with Crippen LogP contribution in [0.3, 0.4) is 0 Å². The number of halogens is 1. The summed E-state index contributed by atoms with van der Waals surface area (Å²) < 4.78 is 26.6. The van der Waals surface area contributed by atoms with E-state index < -0.39 is 10.0 Å². The summed E-state index contributed by atoms with van der Waals surface area (Å²) in [6, 6.07) is 4.16. The van der Waals surface area contributed by atoms with Gasteiger partial charge >= 0.3 is 0 Å². The maximum Gasteiger partial charge on any atom is 0.242 e. The van der Waals surface area contributed by atoms with Crippen molar-refractivity contribution in [2.75, 3.05) is 25.4 Å². The lowest BCUT2D eigenvalue weighted by atomic mass is 10.3. The van der Waals surface area contributed by atoms with Gasteiger partial charge in [-0.3, -0.25) is 4.79 Å². The van der Waals surface area contributed by atoms with E-state index in [-0.39, 0.29) is 29.5 Å². The summed E-state index contributed by atoms with van der Waals surface area (Å²) in [6.45, 7) is 4.98. The fourth-order valence-electron chi connectivity index (χ4n) is 1.87. The highest BCUT2D eigenvalue weighted by Crippen LogP contribution is 2.22. The minimum Gasteiger partial charge on any atom is -0.398 e. The van der Waals surface area contributed by atoms with Gasteiger partial charge in [-0.05, 0) is 32.0 Å². The number of nitrogens with two attached hydrogens (primary N) is 1. The highest BCUT2D eigenvalue weighted by molar-refractivity contribution is 7.89. The van der Waals surface area contributed by atoms with E-state index in [1.807, 2.05) is 13.8 Å². The van der Waals surface area contributed by atoms with E-state index in [0.29, 0.717) is 18.1 Å². The monoisotopic (exact) mass is 333 g/mol. The summed E-state index contributed by atoms with van der Waals surface area (Å²) in [7, 11) is -3.75. The van der Waals surface area contributed by atoms with Crippen molar-refractivity contribution in [1.29, 1.82) is 0 Å². The van der Waals surface area contributed by atoms with Crippen LogP contribution >= 0.6 is 11.6 Å². The second kappa shape index (κ2) is 7.63. The molecule has 1 rings (SSSR count). The third kappa shape index (κ3) is 4.87. The number of rotatable bonds is 7. The maximum absolute atomic E-state index is 12.1. The Balaban J connectivity index is 2.68. The number of nitrogens with one attached hydrogen (secondary N) is 1. The molecule has 0 aliphatic heterocycles. The highest BCUT2D eigenvalue weighted by atomic mass is 35.5. The average Bonchev–Trinajstić information content (AvgIpc) is 2.39. The number of hydrogen-bond donors (Lipinski definition) is 2. The SMILES string of the molecule is CCN(CC)C(=O)CCNS(=O)(=O)c1ccc(Cl)cc1N. The lowest BCUT2D eigenvalue weighted by Gasteiger charge is -2.18. The number of carbonyl (C=O) groups is 1. The van der Waals surface area contributed by atoms with Gasteiger partial charge in [-0.1, -0.05) is 11.6 Å². The largest absolute Gasteiger partial charge is 0.398 e. The zero-order valence-corrected chi connectivity index (χ0v) is 13.7. The Labute approximate surface area is 130 Å². The molecule has 0 bridgehead atoms. The Bertz CT molecular complexity index is 601. The number of nitrogens with zero attached hydrogens (tertiary/aromatic N) is 1. The van der Waals surface area contributed by atoms with Gasteiger partial charge in [0.2, 0.25) is 15.9 Å². The molecular formula is C13H20ClN3O3S. The minimum absolute atomic E-state index is 0.0275. The van der Waals surface area contributed by atoms with Crippen molar-refractivity contribution in [3.8, 4) is 0 Å². The summed E-state index contributed by atoms with van der Waals surface area (Å²) in [6.07, 6.45) is 0.106. The van der Waals surface area contributed by atoms with Crippen LogP contribution in [0.4, 0.5) is 5.69 Å². The molecule has 0 atom stereocenters. The fraction of sp³-hybridized carbons (Fsp3) is 0.462. The normalized spacial score (nSPS) is 11.4. The second-order valence-electron chi connectivity index (χ2n) is 4.40. The molecule has 8 heteroatoms. The highest BCUT2D eigenvalue weighted by Gasteiger charge is 2.18. The third-order valence-corrected chi connectivity index (χ3v) is 4.78. The van der Waals surface area contributed by atoms with E-state index in [2.05, 4.69) is 4.72 Å². The van der Waals surface area contributed by atoms with Crippen LogP contribution in [0.5, 0.6) is 0 Å². The number of benzene rings is 1. The van der Waals surface area contributed by atoms with E-state index in [1.54, 1.807) is 4.90 Å². The summed E-state index contributed by atoms with van der Waals surface area (Å²) >= 11 is 5.73. The predicted octanol–water partition coefficient (Wildman–Crippen LogP) is 1.46. The molecule has 21 heavy (non-hydrogen) atoms. The van der Waals surface area contributed by atoms with Gasteiger partial charge in [-0.15, -0.1) is 0 Å². The van der Waals surface area contributed by atoms with Crippen LogP contribution in [0.25, 0.3) is 0 Å². The van der Waals surface area contributed by atoms with Gasteiger partial charge in [0.05, 0.1) is 5.69 Å². The summed E-state index contributed by atoms with van der Waals surface area (Å²) in [5, 5.41) is 0.364. The van der Waals surface area contributed by atoms with E-state index in [4.69, 9.17) is 17.3 Å². The van der Waals surface area contributed by atoms with E-state index in [9.17, 15) is 13.2 Å². The van der Waals surface area contributed by atoms with E-state index >= 15 is 0 Å². The van der Waals surface area contributed by atoms with Gasteiger partial charge in [0.15, 0.2) is 0 Å². The quantitative estimate of drug-likeness (QED) is 0.739. The van der Waals surface area contributed by atoms with Crippen LogP contribution in [-0.4, -0.2) is 38.9 Å². The Kier molecular flexibility index (Phi) is 6.44. The number of nitrogen functional groups attached to an aromatic ring is 1. The van der Waals surface area contributed by atoms with E-state index in [0.717, 1.165) is 0 Å². The molecule has 1 amide bonds. The van der Waals surface area contributed by atoms with Gasteiger partial charge < -0.3 is 10.6 Å². The van der Waals surface area contributed by atoms with Crippen molar-refractivity contribution >= 4 is 33.2 Å². The molecule has 0 spiro atoms. The first-order chi connectivity index (χ1) is 9.81. The molecule has 0 radical (unpaired) electrons. The molecule has 6 nitrogen and oxygen atoms in total. The predicted molar refractivity (Wildman–Crippen MR) is 83.6 cm³/mol. The number of amides is 1. The molecule has 0 saturated heterocycles.